The van der Waals surface area contributed by atoms with E-state index < -0.39 is 0 Å². The quantitative estimate of drug-likeness (QED) is 0.748. The highest BCUT2D eigenvalue weighted by atomic mass is 16.5. The molecule has 0 spiro atoms. The first kappa shape index (κ1) is 12.7. The molecule has 0 N–H and O–H groups in total. The predicted octanol–water partition coefficient (Wildman–Crippen LogP) is 1.03. The largest absolute Gasteiger partial charge is 0.465 e. The highest BCUT2D eigenvalue weighted by Gasteiger charge is 2.19. The summed E-state index contributed by atoms with van der Waals surface area (Å²) in [7, 11) is 1.36. The normalized spacial score (nSPS) is 16.6. The summed E-state index contributed by atoms with van der Waals surface area (Å²) in [6.45, 7) is 2.05. The second-order valence-electron chi connectivity index (χ2n) is 4.30. The van der Waals surface area contributed by atoms with Gasteiger partial charge in [0.15, 0.2) is 0 Å². The van der Waals surface area contributed by atoms with Crippen LogP contribution in [0.2, 0.25) is 0 Å². The summed E-state index contributed by atoms with van der Waals surface area (Å²) >= 11 is 0. The summed E-state index contributed by atoms with van der Waals surface area (Å²) in [5, 5.41) is 0. The molecule has 18 heavy (non-hydrogen) atoms. The van der Waals surface area contributed by atoms with Gasteiger partial charge in [-0.05, 0) is 12.1 Å². The van der Waals surface area contributed by atoms with Crippen LogP contribution >= 0.6 is 0 Å². The van der Waals surface area contributed by atoms with Gasteiger partial charge in [-0.3, -0.25) is 14.7 Å². The molecule has 0 aliphatic carbocycles. The SMILES string of the molecule is COC(=O)c1cccnc1CN1CCC(=O)CC1. The number of pyridine rings is 1. The molecule has 0 aromatic carbocycles. The van der Waals surface area contributed by atoms with Gasteiger partial charge in [-0.1, -0.05) is 0 Å². The number of nitrogens with zero attached hydrogens (tertiary/aromatic N) is 2. The Labute approximate surface area is 106 Å². The molecule has 5 heteroatoms. The van der Waals surface area contributed by atoms with Crippen LogP contribution in [0.5, 0.6) is 0 Å². The Hall–Kier alpha value is -1.75. The number of rotatable bonds is 3. The van der Waals surface area contributed by atoms with Crippen molar-refractivity contribution >= 4 is 11.8 Å². The van der Waals surface area contributed by atoms with Crippen molar-refractivity contribution in [3.8, 4) is 0 Å². The van der Waals surface area contributed by atoms with Crippen molar-refractivity contribution < 1.29 is 14.3 Å². The van der Waals surface area contributed by atoms with Gasteiger partial charge in [0.25, 0.3) is 0 Å². The molecule has 2 heterocycles. The number of hydrogen-bond acceptors (Lipinski definition) is 5. The Balaban J connectivity index is 2.09. The molecule has 96 valence electrons. The molecule has 5 nitrogen and oxygen atoms in total. The third kappa shape index (κ3) is 2.92. The van der Waals surface area contributed by atoms with Crippen molar-refractivity contribution in [2.75, 3.05) is 20.2 Å². The maximum Gasteiger partial charge on any atom is 0.339 e. The molecule has 2 rings (SSSR count). The molecule has 0 saturated carbocycles. The Bertz CT molecular complexity index is 449. The van der Waals surface area contributed by atoms with Crippen molar-refractivity contribution in [3.05, 3.63) is 29.6 Å². The average molecular weight is 248 g/mol. The fraction of sp³-hybridized carbons (Fsp3) is 0.462. The number of hydrogen-bond donors (Lipinski definition) is 0. The van der Waals surface area contributed by atoms with Crippen molar-refractivity contribution in [1.82, 2.24) is 9.88 Å². The lowest BCUT2D eigenvalue weighted by atomic mass is 10.1. The lowest BCUT2D eigenvalue weighted by Gasteiger charge is -2.25. The van der Waals surface area contributed by atoms with Crippen LogP contribution in [-0.2, 0) is 16.1 Å². The molecule has 1 aliphatic heterocycles. The summed E-state index contributed by atoms with van der Waals surface area (Å²) in [6.07, 6.45) is 2.83. The Morgan fingerprint density at radius 1 is 1.44 bits per heavy atom. The van der Waals surface area contributed by atoms with Gasteiger partial charge in [0.1, 0.15) is 5.78 Å². The van der Waals surface area contributed by atoms with E-state index in [1.165, 1.54) is 7.11 Å². The fourth-order valence-electron chi connectivity index (χ4n) is 2.03. The topological polar surface area (TPSA) is 59.5 Å². The van der Waals surface area contributed by atoms with Gasteiger partial charge < -0.3 is 4.74 Å². The fourth-order valence-corrected chi connectivity index (χ4v) is 2.03. The zero-order valence-corrected chi connectivity index (χ0v) is 10.4. The molecular formula is C13H16N2O3. The summed E-state index contributed by atoms with van der Waals surface area (Å²) in [5.41, 5.74) is 1.20. The summed E-state index contributed by atoms with van der Waals surface area (Å²) in [5.74, 6) is -0.0633. The zero-order chi connectivity index (χ0) is 13.0. The molecule has 1 aliphatic rings. The number of Topliss-reactive ketones (excluding diaryl/α,β-unsaturated/α-hetero) is 1. The molecular weight excluding hydrogens is 232 g/mol. The second kappa shape index (κ2) is 5.73. The van der Waals surface area contributed by atoms with E-state index in [1.54, 1.807) is 18.3 Å². The summed E-state index contributed by atoms with van der Waals surface area (Å²) in [4.78, 5) is 29.1. The predicted molar refractivity (Wildman–Crippen MR) is 65.1 cm³/mol. The standard InChI is InChI=1S/C13H16N2O3/c1-18-13(17)11-3-2-6-14-12(11)9-15-7-4-10(16)5-8-15/h2-3,6H,4-5,7-9H2,1H3. The Kier molecular flexibility index (Phi) is 4.04. The minimum atomic E-state index is -0.369. The molecule has 0 atom stereocenters. The van der Waals surface area contributed by atoms with E-state index in [1.807, 2.05) is 0 Å². The van der Waals surface area contributed by atoms with Crippen LogP contribution < -0.4 is 0 Å². The first-order valence-electron chi connectivity index (χ1n) is 5.97. The number of likely N-dealkylation sites (tertiary alicyclic amines) is 1. The maximum absolute atomic E-state index is 11.6. The number of carbonyl (C=O) groups is 2. The van der Waals surface area contributed by atoms with Gasteiger partial charge in [-0.2, -0.15) is 0 Å². The van der Waals surface area contributed by atoms with Gasteiger partial charge in [0.2, 0.25) is 0 Å². The summed E-state index contributed by atoms with van der Waals surface area (Å²) < 4.78 is 4.73. The first-order valence-corrected chi connectivity index (χ1v) is 5.97. The smallest absolute Gasteiger partial charge is 0.339 e. The van der Waals surface area contributed by atoms with Crippen LogP contribution in [0.25, 0.3) is 0 Å². The third-order valence-electron chi connectivity index (χ3n) is 3.08. The third-order valence-corrected chi connectivity index (χ3v) is 3.08. The Morgan fingerprint density at radius 2 is 2.17 bits per heavy atom. The van der Waals surface area contributed by atoms with E-state index in [-0.39, 0.29) is 5.97 Å². The van der Waals surface area contributed by atoms with Gasteiger partial charge in [-0.15, -0.1) is 0 Å². The maximum atomic E-state index is 11.6. The van der Waals surface area contributed by atoms with Crippen molar-refractivity contribution in [2.45, 2.75) is 19.4 Å². The molecule has 0 amide bonds. The minimum absolute atomic E-state index is 0.306. The first-order chi connectivity index (χ1) is 8.70. The molecule has 1 fully saturated rings. The lowest BCUT2D eigenvalue weighted by molar-refractivity contribution is -0.121. The molecule has 1 aromatic heterocycles. The minimum Gasteiger partial charge on any atom is -0.465 e. The van der Waals surface area contributed by atoms with E-state index in [0.717, 1.165) is 13.1 Å². The van der Waals surface area contributed by atoms with Crippen molar-refractivity contribution in [1.29, 1.82) is 0 Å². The molecule has 0 radical (unpaired) electrons. The highest BCUT2D eigenvalue weighted by Crippen LogP contribution is 2.13. The van der Waals surface area contributed by atoms with Gasteiger partial charge >= 0.3 is 5.97 Å². The van der Waals surface area contributed by atoms with Crippen LogP contribution in [0.15, 0.2) is 18.3 Å². The van der Waals surface area contributed by atoms with E-state index in [0.29, 0.717) is 36.4 Å². The molecule has 0 unspecified atom stereocenters. The monoisotopic (exact) mass is 248 g/mol. The number of carbonyl (C=O) groups excluding carboxylic acids is 2. The number of piperidine rings is 1. The van der Waals surface area contributed by atoms with Gasteiger partial charge in [0, 0.05) is 38.7 Å². The van der Waals surface area contributed by atoms with Crippen LogP contribution in [0.3, 0.4) is 0 Å². The van der Waals surface area contributed by atoms with Gasteiger partial charge in [-0.25, -0.2) is 4.79 Å². The van der Waals surface area contributed by atoms with Crippen LogP contribution in [0, 0.1) is 0 Å². The number of aromatic nitrogens is 1. The van der Waals surface area contributed by atoms with E-state index in [4.69, 9.17) is 4.74 Å². The van der Waals surface area contributed by atoms with Crippen LogP contribution in [0.1, 0.15) is 28.9 Å². The zero-order valence-electron chi connectivity index (χ0n) is 10.4. The van der Waals surface area contributed by atoms with Crippen LogP contribution in [0.4, 0.5) is 0 Å². The molecule has 1 aromatic rings. The molecule has 1 saturated heterocycles. The highest BCUT2D eigenvalue weighted by molar-refractivity contribution is 5.90. The van der Waals surface area contributed by atoms with E-state index >= 15 is 0 Å². The lowest BCUT2D eigenvalue weighted by Crippen LogP contribution is -2.34. The van der Waals surface area contributed by atoms with Crippen molar-refractivity contribution in [2.24, 2.45) is 0 Å². The number of methoxy groups -OCH3 is 1. The van der Waals surface area contributed by atoms with Crippen molar-refractivity contribution in [3.63, 3.8) is 0 Å². The Morgan fingerprint density at radius 3 is 2.83 bits per heavy atom. The second-order valence-corrected chi connectivity index (χ2v) is 4.30. The average Bonchev–Trinajstić information content (AvgIpc) is 2.41. The number of esters is 1. The van der Waals surface area contributed by atoms with E-state index in [9.17, 15) is 9.59 Å². The summed E-state index contributed by atoms with van der Waals surface area (Å²) in [6, 6.07) is 3.43. The van der Waals surface area contributed by atoms with Crippen LogP contribution in [-0.4, -0.2) is 41.8 Å². The number of ether oxygens (including phenoxy) is 1. The number of ketones is 1. The van der Waals surface area contributed by atoms with E-state index in [2.05, 4.69) is 9.88 Å². The van der Waals surface area contributed by atoms with Gasteiger partial charge in [0.05, 0.1) is 18.4 Å². The molecule has 0 bridgehead atoms.